The van der Waals surface area contributed by atoms with Gasteiger partial charge in [0.25, 0.3) is 0 Å². The summed E-state index contributed by atoms with van der Waals surface area (Å²) < 4.78 is 0. The van der Waals surface area contributed by atoms with Gasteiger partial charge in [0.2, 0.25) is 0 Å². The number of nitrogens with two attached hydrogens (primary N) is 1. The number of benzene rings is 1. The molecule has 1 rings (SSSR count). The van der Waals surface area contributed by atoms with Crippen LogP contribution in [0.2, 0.25) is 10.0 Å². The lowest BCUT2D eigenvalue weighted by Gasteiger charge is -2.16. The number of rotatable bonds is 3. The highest BCUT2D eigenvalue weighted by atomic mass is 35.5. The molecular weight excluding hydrogens is 241 g/mol. The predicted molar refractivity (Wildman–Crippen MR) is 57.0 cm³/mol. The zero-order valence-electron chi connectivity index (χ0n) is 7.52. The maximum absolute atomic E-state index is 10.5. The molecule has 1 aromatic carbocycles. The van der Waals surface area contributed by atoms with Gasteiger partial charge < -0.3 is 15.9 Å². The summed E-state index contributed by atoms with van der Waals surface area (Å²) in [6, 6.07) is 2.94. The Kier molecular flexibility index (Phi) is 3.93. The molecule has 0 saturated heterocycles. The molecule has 4 N–H and O–H groups in total. The zero-order valence-corrected chi connectivity index (χ0v) is 9.03. The molecule has 0 spiro atoms. The Balaban J connectivity index is 3.01. The fraction of sp³-hybridized carbons (Fsp3) is 0.222. The first kappa shape index (κ1) is 12.3. The van der Waals surface area contributed by atoms with Gasteiger partial charge in [-0.25, -0.2) is 0 Å². The monoisotopic (exact) mass is 249 g/mol. The first-order valence-corrected chi connectivity index (χ1v) is 4.80. The van der Waals surface area contributed by atoms with Crippen molar-refractivity contribution >= 4 is 29.2 Å². The highest BCUT2D eigenvalue weighted by Gasteiger charge is 2.25. The molecule has 2 atom stereocenters. The first-order valence-electron chi connectivity index (χ1n) is 4.05. The molecule has 0 heterocycles. The number of aliphatic hydroxyl groups is 1. The Morgan fingerprint density at radius 1 is 1.40 bits per heavy atom. The van der Waals surface area contributed by atoms with E-state index < -0.39 is 18.1 Å². The highest BCUT2D eigenvalue weighted by molar-refractivity contribution is 6.35. The molecule has 0 aliphatic heterocycles. The summed E-state index contributed by atoms with van der Waals surface area (Å²) in [5.74, 6) is -1.30. The van der Waals surface area contributed by atoms with Crippen LogP contribution in [0.15, 0.2) is 18.2 Å². The molecule has 0 amide bonds. The Hall–Kier alpha value is -0.810. The number of carboxylic acid groups (broad SMARTS) is 1. The van der Waals surface area contributed by atoms with Crippen molar-refractivity contribution in [3.05, 3.63) is 33.8 Å². The van der Waals surface area contributed by atoms with Crippen molar-refractivity contribution in [1.29, 1.82) is 0 Å². The Labute approximate surface area is 96.2 Å². The number of aliphatic carboxylic acids is 1. The summed E-state index contributed by atoms with van der Waals surface area (Å²) in [5, 5.41) is 18.8. The Bertz CT molecular complexity index is 384. The number of hydrogen-bond donors (Lipinski definition) is 3. The Morgan fingerprint density at radius 2 is 2.00 bits per heavy atom. The van der Waals surface area contributed by atoms with Crippen LogP contribution in [-0.4, -0.2) is 22.2 Å². The van der Waals surface area contributed by atoms with Gasteiger partial charge >= 0.3 is 5.97 Å². The molecule has 0 saturated carbocycles. The molecule has 0 fully saturated rings. The van der Waals surface area contributed by atoms with Crippen molar-refractivity contribution in [2.75, 3.05) is 0 Å². The number of carboxylic acids is 1. The van der Waals surface area contributed by atoms with Gasteiger partial charge in [-0.2, -0.15) is 0 Å². The summed E-state index contributed by atoms with van der Waals surface area (Å²) in [4.78, 5) is 10.5. The SMILES string of the molecule is NC(C(=O)O)C(O)c1ccc(Cl)cc1Cl. The van der Waals surface area contributed by atoms with Crippen LogP contribution < -0.4 is 5.73 Å². The Morgan fingerprint density at radius 3 is 2.47 bits per heavy atom. The van der Waals surface area contributed by atoms with Crippen LogP contribution in [0, 0.1) is 0 Å². The van der Waals surface area contributed by atoms with E-state index in [1.54, 1.807) is 0 Å². The van der Waals surface area contributed by atoms with Gasteiger partial charge in [-0.1, -0.05) is 29.3 Å². The van der Waals surface area contributed by atoms with Crippen molar-refractivity contribution in [3.63, 3.8) is 0 Å². The number of aliphatic hydroxyl groups excluding tert-OH is 1. The average Bonchev–Trinajstić information content (AvgIpc) is 2.15. The number of hydrogen-bond acceptors (Lipinski definition) is 3. The van der Waals surface area contributed by atoms with Crippen LogP contribution in [0.4, 0.5) is 0 Å². The lowest BCUT2D eigenvalue weighted by molar-refractivity contribution is -0.141. The van der Waals surface area contributed by atoms with E-state index in [0.29, 0.717) is 5.02 Å². The molecule has 0 bridgehead atoms. The molecule has 6 heteroatoms. The molecule has 0 radical (unpaired) electrons. The highest BCUT2D eigenvalue weighted by Crippen LogP contribution is 2.27. The van der Waals surface area contributed by atoms with Crippen molar-refractivity contribution in [2.24, 2.45) is 5.73 Å². The minimum absolute atomic E-state index is 0.187. The van der Waals surface area contributed by atoms with Crippen LogP contribution in [0.5, 0.6) is 0 Å². The summed E-state index contributed by atoms with van der Waals surface area (Å²) in [6.45, 7) is 0. The zero-order chi connectivity index (χ0) is 11.6. The lowest BCUT2D eigenvalue weighted by Crippen LogP contribution is -2.36. The van der Waals surface area contributed by atoms with Gasteiger partial charge in [0.15, 0.2) is 0 Å². The van der Waals surface area contributed by atoms with Crippen molar-refractivity contribution in [3.8, 4) is 0 Å². The first-order chi connectivity index (χ1) is 6.93. The standard InChI is InChI=1S/C9H9Cl2NO3/c10-4-1-2-5(6(11)3-4)8(13)7(12)9(14)15/h1-3,7-8,13H,12H2,(H,14,15). The third-order valence-corrected chi connectivity index (χ3v) is 2.47. The fourth-order valence-corrected chi connectivity index (χ4v) is 1.59. The normalized spacial score (nSPS) is 14.7. The van der Waals surface area contributed by atoms with Crippen LogP contribution in [0.3, 0.4) is 0 Å². The fourth-order valence-electron chi connectivity index (χ4n) is 1.07. The summed E-state index contributed by atoms with van der Waals surface area (Å²) in [7, 11) is 0. The van der Waals surface area contributed by atoms with Gasteiger partial charge in [-0.3, -0.25) is 4.79 Å². The predicted octanol–water partition coefficient (Wildman–Crippen LogP) is 1.44. The molecule has 15 heavy (non-hydrogen) atoms. The van der Waals surface area contributed by atoms with E-state index in [9.17, 15) is 9.90 Å². The minimum Gasteiger partial charge on any atom is -0.480 e. The van der Waals surface area contributed by atoms with Gasteiger partial charge in [-0.15, -0.1) is 0 Å². The molecule has 0 aliphatic rings. The van der Waals surface area contributed by atoms with E-state index in [1.165, 1.54) is 18.2 Å². The second-order valence-corrected chi connectivity index (χ2v) is 3.82. The minimum atomic E-state index is -1.41. The van der Waals surface area contributed by atoms with Gasteiger partial charge in [0, 0.05) is 15.6 Å². The number of carbonyl (C=O) groups is 1. The summed E-state index contributed by atoms with van der Waals surface area (Å²) in [5.41, 5.74) is 5.50. The molecule has 1 aromatic rings. The maximum atomic E-state index is 10.5. The van der Waals surface area contributed by atoms with Crippen LogP contribution >= 0.6 is 23.2 Å². The second kappa shape index (κ2) is 4.81. The molecule has 4 nitrogen and oxygen atoms in total. The van der Waals surface area contributed by atoms with Crippen molar-refractivity contribution in [2.45, 2.75) is 12.1 Å². The van der Waals surface area contributed by atoms with Crippen LogP contribution in [0.25, 0.3) is 0 Å². The van der Waals surface area contributed by atoms with E-state index in [4.69, 9.17) is 34.0 Å². The van der Waals surface area contributed by atoms with Crippen molar-refractivity contribution in [1.82, 2.24) is 0 Å². The van der Waals surface area contributed by atoms with E-state index in [2.05, 4.69) is 0 Å². The molecule has 0 aliphatic carbocycles. The van der Waals surface area contributed by atoms with Crippen molar-refractivity contribution < 1.29 is 15.0 Å². The van der Waals surface area contributed by atoms with Gasteiger partial charge in [-0.05, 0) is 12.1 Å². The molecule has 2 unspecified atom stereocenters. The van der Waals surface area contributed by atoms with Crippen LogP contribution in [-0.2, 0) is 4.79 Å². The quantitative estimate of drug-likeness (QED) is 0.757. The smallest absolute Gasteiger partial charge is 0.323 e. The lowest BCUT2D eigenvalue weighted by atomic mass is 10.0. The second-order valence-electron chi connectivity index (χ2n) is 2.97. The number of halogens is 2. The third kappa shape index (κ3) is 2.82. The molecule has 0 aromatic heterocycles. The maximum Gasteiger partial charge on any atom is 0.323 e. The largest absolute Gasteiger partial charge is 0.480 e. The van der Waals surface area contributed by atoms with E-state index in [1.807, 2.05) is 0 Å². The molecular formula is C9H9Cl2NO3. The van der Waals surface area contributed by atoms with E-state index in [0.717, 1.165) is 0 Å². The van der Waals surface area contributed by atoms with E-state index >= 15 is 0 Å². The summed E-state index contributed by atoms with van der Waals surface area (Å²) in [6.07, 6.45) is -1.35. The van der Waals surface area contributed by atoms with E-state index in [-0.39, 0.29) is 10.6 Å². The van der Waals surface area contributed by atoms with Gasteiger partial charge in [0.1, 0.15) is 12.1 Å². The van der Waals surface area contributed by atoms with Crippen LogP contribution in [0.1, 0.15) is 11.7 Å². The topological polar surface area (TPSA) is 83.6 Å². The molecule has 82 valence electrons. The summed E-state index contributed by atoms with van der Waals surface area (Å²) >= 11 is 11.4. The third-order valence-electron chi connectivity index (χ3n) is 1.91. The van der Waals surface area contributed by atoms with Gasteiger partial charge in [0.05, 0.1) is 0 Å². The average molecular weight is 250 g/mol.